The van der Waals surface area contributed by atoms with E-state index in [0.717, 1.165) is 19.5 Å². The average Bonchev–Trinajstić information content (AvgIpc) is 2.98. The first-order valence-electron chi connectivity index (χ1n) is 8.75. The normalized spacial score (nSPS) is 21.6. The highest BCUT2D eigenvalue weighted by Crippen LogP contribution is 2.33. The molecule has 3 heterocycles. The molecule has 1 aromatic heterocycles. The molecule has 2 aliphatic heterocycles. The van der Waals surface area contributed by atoms with Crippen LogP contribution in [0, 0.1) is 5.92 Å². The van der Waals surface area contributed by atoms with Crippen LogP contribution in [0.4, 0.5) is 0 Å². The molecule has 5 nitrogen and oxygen atoms in total. The SMILES string of the molecule is O=C(c1ccncc1)N1CC2CN(C(=O)CCc3ccccc3)C2C1. The van der Waals surface area contributed by atoms with Gasteiger partial charge in [0.2, 0.25) is 5.91 Å². The minimum Gasteiger partial charge on any atom is -0.337 e. The van der Waals surface area contributed by atoms with Crippen molar-refractivity contribution in [3.05, 3.63) is 66.0 Å². The maximum atomic E-state index is 12.5. The van der Waals surface area contributed by atoms with E-state index in [0.29, 0.717) is 24.4 Å². The zero-order chi connectivity index (χ0) is 17.2. The van der Waals surface area contributed by atoms with Crippen molar-refractivity contribution in [3.8, 4) is 0 Å². The Labute approximate surface area is 147 Å². The summed E-state index contributed by atoms with van der Waals surface area (Å²) in [7, 11) is 0. The van der Waals surface area contributed by atoms with Crippen molar-refractivity contribution in [3.63, 3.8) is 0 Å². The van der Waals surface area contributed by atoms with Gasteiger partial charge in [0.05, 0.1) is 6.04 Å². The lowest BCUT2D eigenvalue weighted by atomic mass is 9.91. The predicted octanol–water partition coefficient (Wildman–Crippen LogP) is 2.00. The number of aryl methyl sites for hydroxylation is 1. The zero-order valence-corrected chi connectivity index (χ0v) is 14.0. The number of aromatic nitrogens is 1. The summed E-state index contributed by atoms with van der Waals surface area (Å²) in [5, 5.41) is 0. The van der Waals surface area contributed by atoms with Gasteiger partial charge in [-0.2, -0.15) is 0 Å². The van der Waals surface area contributed by atoms with E-state index < -0.39 is 0 Å². The molecule has 2 fully saturated rings. The first-order chi connectivity index (χ1) is 12.2. The molecule has 0 N–H and O–H groups in total. The van der Waals surface area contributed by atoms with Gasteiger partial charge in [-0.1, -0.05) is 30.3 Å². The highest BCUT2D eigenvalue weighted by Gasteiger charge is 2.48. The predicted molar refractivity (Wildman–Crippen MR) is 93.9 cm³/mol. The van der Waals surface area contributed by atoms with Crippen LogP contribution in [0.1, 0.15) is 22.3 Å². The smallest absolute Gasteiger partial charge is 0.254 e. The molecule has 4 rings (SSSR count). The van der Waals surface area contributed by atoms with Crippen LogP contribution in [0.15, 0.2) is 54.9 Å². The largest absolute Gasteiger partial charge is 0.337 e. The Morgan fingerprint density at radius 2 is 1.76 bits per heavy atom. The Hall–Kier alpha value is -2.69. The first-order valence-corrected chi connectivity index (χ1v) is 8.75. The zero-order valence-electron chi connectivity index (χ0n) is 14.0. The van der Waals surface area contributed by atoms with Crippen molar-refractivity contribution in [2.24, 2.45) is 5.92 Å². The maximum absolute atomic E-state index is 12.5. The molecule has 2 aromatic rings. The van der Waals surface area contributed by atoms with Crippen LogP contribution in [0.25, 0.3) is 0 Å². The van der Waals surface area contributed by atoms with Gasteiger partial charge >= 0.3 is 0 Å². The Morgan fingerprint density at radius 3 is 2.52 bits per heavy atom. The Morgan fingerprint density at radius 1 is 1.00 bits per heavy atom. The van der Waals surface area contributed by atoms with E-state index in [1.165, 1.54) is 5.56 Å². The number of carbonyl (C=O) groups is 2. The molecular weight excluding hydrogens is 314 g/mol. The van der Waals surface area contributed by atoms with E-state index >= 15 is 0 Å². The molecule has 2 aliphatic rings. The summed E-state index contributed by atoms with van der Waals surface area (Å²) in [5.41, 5.74) is 1.85. The van der Waals surface area contributed by atoms with Gasteiger partial charge in [0, 0.05) is 49.9 Å². The third-order valence-electron chi connectivity index (χ3n) is 5.24. The molecule has 2 atom stereocenters. The molecule has 2 saturated heterocycles. The Bertz CT molecular complexity index is 763. The summed E-state index contributed by atoms with van der Waals surface area (Å²) in [4.78, 5) is 32.8. The van der Waals surface area contributed by atoms with Crippen LogP contribution in [-0.2, 0) is 11.2 Å². The van der Waals surface area contributed by atoms with E-state index in [1.54, 1.807) is 24.5 Å². The van der Waals surface area contributed by atoms with E-state index in [2.05, 4.69) is 17.1 Å². The number of pyridine rings is 1. The monoisotopic (exact) mass is 335 g/mol. The molecule has 1 aromatic carbocycles. The van der Waals surface area contributed by atoms with Gasteiger partial charge in [-0.15, -0.1) is 0 Å². The van der Waals surface area contributed by atoms with Crippen molar-refractivity contribution in [2.75, 3.05) is 19.6 Å². The summed E-state index contributed by atoms with van der Waals surface area (Å²) in [6.07, 6.45) is 4.58. The molecule has 128 valence electrons. The second-order valence-electron chi connectivity index (χ2n) is 6.81. The molecule has 0 spiro atoms. The molecule has 0 radical (unpaired) electrons. The molecule has 2 unspecified atom stereocenters. The number of likely N-dealkylation sites (tertiary alicyclic amines) is 2. The van der Waals surface area contributed by atoms with Gasteiger partial charge in [0.25, 0.3) is 5.91 Å². The molecule has 25 heavy (non-hydrogen) atoms. The minimum absolute atomic E-state index is 0.0356. The van der Waals surface area contributed by atoms with Gasteiger partial charge in [-0.25, -0.2) is 0 Å². The fraction of sp³-hybridized carbons (Fsp3) is 0.350. The topological polar surface area (TPSA) is 53.5 Å². The van der Waals surface area contributed by atoms with Crippen molar-refractivity contribution >= 4 is 11.8 Å². The maximum Gasteiger partial charge on any atom is 0.254 e. The number of carbonyl (C=O) groups excluding carboxylic acids is 2. The molecule has 5 heteroatoms. The number of hydrogen-bond donors (Lipinski definition) is 0. The summed E-state index contributed by atoms with van der Waals surface area (Å²) in [6, 6.07) is 13.8. The van der Waals surface area contributed by atoms with Crippen LogP contribution in [0.2, 0.25) is 0 Å². The number of rotatable bonds is 4. The van der Waals surface area contributed by atoms with E-state index in [-0.39, 0.29) is 17.9 Å². The van der Waals surface area contributed by atoms with Gasteiger partial charge in [-0.3, -0.25) is 14.6 Å². The lowest BCUT2D eigenvalue weighted by Gasteiger charge is -2.43. The molecule has 0 bridgehead atoms. The molecule has 2 amide bonds. The van der Waals surface area contributed by atoms with Crippen molar-refractivity contribution in [1.82, 2.24) is 14.8 Å². The Balaban J connectivity index is 1.33. The first kappa shape index (κ1) is 15.8. The molecular formula is C20H21N3O2. The van der Waals surface area contributed by atoms with E-state index in [4.69, 9.17) is 0 Å². The number of nitrogens with zero attached hydrogens (tertiary/aromatic N) is 3. The van der Waals surface area contributed by atoms with Crippen LogP contribution < -0.4 is 0 Å². The van der Waals surface area contributed by atoms with Gasteiger partial charge in [0.1, 0.15) is 0 Å². The fourth-order valence-corrected chi connectivity index (χ4v) is 3.81. The summed E-state index contributed by atoms with van der Waals surface area (Å²) < 4.78 is 0. The third kappa shape index (κ3) is 3.14. The van der Waals surface area contributed by atoms with Crippen LogP contribution in [0.3, 0.4) is 0 Å². The van der Waals surface area contributed by atoms with Crippen molar-refractivity contribution < 1.29 is 9.59 Å². The average molecular weight is 335 g/mol. The standard InChI is InChI=1S/C20H21N3O2/c24-19(7-6-15-4-2-1-3-5-15)23-13-17-12-22(14-18(17)23)20(25)16-8-10-21-11-9-16/h1-5,8-11,17-18H,6-7,12-14H2. The van der Waals surface area contributed by atoms with Crippen molar-refractivity contribution in [1.29, 1.82) is 0 Å². The van der Waals surface area contributed by atoms with Gasteiger partial charge in [-0.05, 0) is 24.1 Å². The van der Waals surface area contributed by atoms with Gasteiger partial charge in [0.15, 0.2) is 0 Å². The van der Waals surface area contributed by atoms with E-state index in [1.807, 2.05) is 28.0 Å². The quantitative estimate of drug-likeness (QED) is 0.859. The second-order valence-corrected chi connectivity index (χ2v) is 6.81. The second kappa shape index (κ2) is 6.67. The Kier molecular flexibility index (Phi) is 4.22. The van der Waals surface area contributed by atoms with Crippen LogP contribution in [-0.4, -0.2) is 52.3 Å². The number of fused-ring (bicyclic) bond motifs is 1. The van der Waals surface area contributed by atoms with Crippen LogP contribution in [0.5, 0.6) is 0 Å². The van der Waals surface area contributed by atoms with Crippen LogP contribution >= 0.6 is 0 Å². The van der Waals surface area contributed by atoms with Crippen molar-refractivity contribution in [2.45, 2.75) is 18.9 Å². The minimum atomic E-state index is 0.0356. The number of hydrogen-bond acceptors (Lipinski definition) is 3. The summed E-state index contributed by atoms with van der Waals surface area (Å²) in [6.45, 7) is 2.16. The number of benzene rings is 1. The lowest BCUT2D eigenvalue weighted by Crippen LogP contribution is -2.58. The third-order valence-corrected chi connectivity index (χ3v) is 5.24. The fourth-order valence-electron chi connectivity index (χ4n) is 3.81. The molecule has 0 aliphatic carbocycles. The number of amides is 2. The summed E-state index contributed by atoms with van der Waals surface area (Å²) >= 11 is 0. The van der Waals surface area contributed by atoms with Gasteiger partial charge < -0.3 is 9.80 Å². The highest BCUT2D eigenvalue weighted by atomic mass is 16.2. The highest BCUT2D eigenvalue weighted by molar-refractivity contribution is 5.94. The summed E-state index contributed by atoms with van der Waals surface area (Å²) in [5.74, 6) is 0.656. The lowest BCUT2D eigenvalue weighted by molar-refractivity contribution is -0.141. The van der Waals surface area contributed by atoms with E-state index in [9.17, 15) is 9.59 Å². The molecule has 0 saturated carbocycles.